The number of nitrogens with zero attached hydrogens (tertiary/aromatic N) is 6. The lowest BCUT2D eigenvalue weighted by Crippen LogP contribution is -2.50. The van der Waals surface area contributed by atoms with Crippen molar-refractivity contribution in [2.75, 3.05) is 30.9 Å². The van der Waals surface area contributed by atoms with Gasteiger partial charge in [-0.2, -0.15) is 4.37 Å². The van der Waals surface area contributed by atoms with Crippen LogP contribution in [-0.2, 0) is 9.53 Å². The maximum absolute atomic E-state index is 13.4. The van der Waals surface area contributed by atoms with Crippen molar-refractivity contribution >= 4 is 50.1 Å². The summed E-state index contributed by atoms with van der Waals surface area (Å²) in [6, 6.07) is 8.62. The number of morpholine rings is 1. The van der Waals surface area contributed by atoms with Crippen LogP contribution in [0.4, 0.5) is 11.6 Å². The van der Waals surface area contributed by atoms with E-state index in [0.717, 1.165) is 17.2 Å². The van der Waals surface area contributed by atoms with E-state index in [2.05, 4.69) is 24.4 Å². The molecule has 194 valence electrons. The summed E-state index contributed by atoms with van der Waals surface area (Å²) in [7, 11) is 1.53. The third kappa shape index (κ3) is 3.86. The Morgan fingerprint density at radius 2 is 2.13 bits per heavy atom. The Kier molecular flexibility index (Phi) is 5.78. The van der Waals surface area contributed by atoms with Crippen molar-refractivity contribution in [3.05, 3.63) is 58.4 Å². The SMILES string of the molecule is COc1cc(-n2nc(N3CCOC([C@@H](O)c4nc5ccc6c(N)nsc6c5c(=O)[nH]4)C3=O)cc2C)ccn1. The molecule has 1 amide bonds. The zero-order valence-electron chi connectivity index (χ0n) is 20.3. The Labute approximate surface area is 218 Å². The molecule has 0 bridgehead atoms. The van der Waals surface area contributed by atoms with Crippen LogP contribution < -0.4 is 20.9 Å². The van der Waals surface area contributed by atoms with E-state index in [1.54, 1.807) is 41.2 Å². The van der Waals surface area contributed by atoms with Crippen molar-refractivity contribution in [3.8, 4) is 11.6 Å². The smallest absolute Gasteiger partial charge is 0.260 e. The number of amides is 1. The number of fused-ring (bicyclic) bond motifs is 3. The highest BCUT2D eigenvalue weighted by Crippen LogP contribution is 2.31. The van der Waals surface area contributed by atoms with E-state index in [1.807, 2.05) is 6.92 Å². The van der Waals surface area contributed by atoms with E-state index in [9.17, 15) is 14.7 Å². The molecule has 6 rings (SSSR count). The number of benzene rings is 1. The van der Waals surface area contributed by atoms with Crippen molar-refractivity contribution in [1.29, 1.82) is 0 Å². The Hall–Kier alpha value is -4.40. The maximum atomic E-state index is 13.4. The second-order valence-electron chi connectivity index (χ2n) is 8.69. The first kappa shape index (κ1) is 24.0. The van der Waals surface area contributed by atoms with Crippen LogP contribution in [0.1, 0.15) is 17.6 Å². The Balaban J connectivity index is 1.31. The van der Waals surface area contributed by atoms with Gasteiger partial charge in [-0.05, 0) is 36.7 Å². The van der Waals surface area contributed by atoms with Crippen LogP contribution in [0.25, 0.3) is 26.7 Å². The van der Waals surface area contributed by atoms with Gasteiger partial charge in [0.25, 0.3) is 11.5 Å². The number of carbonyl (C=O) groups excluding carboxylic acids is 1. The zero-order valence-corrected chi connectivity index (χ0v) is 21.1. The van der Waals surface area contributed by atoms with Crippen LogP contribution in [0.3, 0.4) is 0 Å². The fourth-order valence-electron chi connectivity index (χ4n) is 4.50. The largest absolute Gasteiger partial charge is 0.481 e. The minimum atomic E-state index is -1.52. The summed E-state index contributed by atoms with van der Waals surface area (Å²) in [6.45, 7) is 2.25. The predicted molar refractivity (Wildman–Crippen MR) is 140 cm³/mol. The quantitative estimate of drug-likeness (QED) is 0.299. The molecule has 0 radical (unpaired) electrons. The topological polar surface area (TPSA) is 174 Å². The fourth-order valence-corrected chi connectivity index (χ4v) is 5.35. The molecule has 5 aromatic rings. The van der Waals surface area contributed by atoms with Gasteiger partial charge in [0.1, 0.15) is 17.7 Å². The number of anilines is 2. The van der Waals surface area contributed by atoms with E-state index >= 15 is 0 Å². The molecular formula is C24H22N8O5S. The lowest BCUT2D eigenvalue weighted by atomic mass is 10.1. The molecular weight excluding hydrogens is 512 g/mol. The van der Waals surface area contributed by atoms with Gasteiger partial charge in [-0.15, -0.1) is 5.10 Å². The van der Waals surface area contributed by atoms with Crippen LogP contribution in [0.5, 0.6) is 5.88 Å². The van der Waals surface area contributed by atoms with E-state index in [4.69, 9.17) is 15.2 Å². The highest BCUT2D eigenvalue weighted by Gasteiger charge is 2.39. The van der Waals surface area contributed by atoms with Gasteiger partial charge in [-0.1, -0.05) is 0 Å². The Bertz CT molecular complexity index is 1760. The molecule has 4 aromatic heterocycles. The van der Waals surface area contributed by atoms with Gasteiger partial charge in [-0.3, -0.25) is 14.5 Å². The number of pyridine rings is 1. The fraction of sp³-hybridized carbons (Fsp3) is 0.250. The lowest BCUT2D eigenvalue weighted by molar-refractivity contribution is -0.143. The summed E-state index contributed by atoms with van der Waals surface area (Å²) in [6.07, 6.45) is -1.20. The molecule has 0 aliphatic carbocycles. The van der Waals surface area contributed by atoms with E-state index < -0.39 is 23.7 Å². The summed E-state index contributed by atoms with van der Waals surface area (Å²) in [5.74, 6) is 0.576. The number of aliphatic hydroxyl groups is 1. The van der Waals surface area contributed by atoms with Crippen LogP contribution in [0.2, 0.25) is 0 Å². The average Bonchev–Trinajstić information content (AvgIpc) is 3.50. The highest BCUT2D eigenvalue weighted by molar-refractivity contribution is 7.14. The van der Waals surface area contributed by atoms with E-state index in [0.29, 0.717) is 44.2 Å². The van der Waals surface area contributed by atoms with Gasteiger partial charge in [-0.25, -0.2) is 14.6 Å². The van der Waals surface area contributed by atoms with Crippen molar-refractivity contribution in [1.82, 2.24) is 29.1 Å². The lowest BCUT2D eigenvalue weighted by Gasteiger charge is -2.32. The minimum Gasteiger partial charge on any atom is -0.481 e. The van der Waals surface area contributed by atoms with Gasteiger partial charge >= 0.3 is 0 Å². The summed E-state index contributed by atoms with van der Waals surface area (Å²) in [5, 5.41) is 16.7. The molecule has 2 atom stereocenters. The number of carbonyl (C=O) groups is 1. The molecule has 4 N–H and O–H groups in total. The molecule has 1 saturated heterocycles. The molecule has 14 heteroatoms. The monoisotopic (exact) mass is 534 g/mol. The van der Waals surface area contributed by atoms with Crippen molar-refractivity contribution in [3.63, 3.8) is 0 Å². The molecule has 1 aliphatic heterocycles. The number of aliphatic hydroxyl groups excluding tert-OH is 1. The number of aryl methyl sites for hydroxylation is 1. The number of nitrogens with one attached hydrogen (secondary N) is 1. The van der Waals surface area contributed by atoms with E-state index in [1.165, 1.54) is 12.0 Å². The molecule has 0 spiro atoms. The van der Waals surface area contributed by atoms with E-state index in [-0.39, 0.29) is 19.0 Å². The number of aromatic nitrogens is 6. The Morgan fingerprint density at radius 1 is 1.29 bits per heavy atom. The normalized spacial score (nSPS) is 16.9. The van der Waals surface area contributed by atoms with Crippen LogP contribution in [0.15, 0.2) is 41.3 Å². The number of aromatic amines is 1. The zero-order chi connectivity index (χ0) is 26.6. The summed E-state index contributed by atoms with van der Waals surface area (Å²) < 4.78 is 17.2. The number of nitrogen functional groups attached to an aromatic ring is 1. The maximum Gasteiger partial charge on any atom is 0.260 e. The van der Waals surface area contributed by atoms with Gasteiger partial charge in [0.15, 0.2) is 11.9 Å². The van der Waals surface area contributed by atoms with Gasteiger partial charge < -0.3 is 25.3 Å². The van der Waals surface area contributed by atoms with Gasteiger partial charge in [0.2, 0.25) is 5.88 Å². The minimum absolute atomic E-state index is 0.0786. The average molecular weight is 535 g/mol. The number of hydrogen-bond acceptors (Lipinski definition) is 11. The molecule has 38 heavy (non-hydrogen) atoms. The van der Waals surface area contributed by atoms with Crippen molar-refractivity contribution in [2.45, 2.75) is 19.1 Å². The number of H-pyrrole nitrogens is 1. The number of hydrogen-bond donors (Lipinski definition) is 3. The highest BCUT2D eigenvalue weighted by atomic mass is 32.1. The number of nitrogens with two attached hydrogens (primary N) is 1. The molecule has 13 nitrogen and oxygen atoms in total. The van der Waals surface area contributed by atoms with Crippen molar-refractivity contribution < 1.29 is 19.4 Å². The summed E-state index contributed by atoms with van der Waals surface area (Å²) in [4.78, 5) is 39.0. The molecule has 0 saturated carbocycles. The van der Waals surface area contributed by atoms with Crippen LogP contribution >= 0.6 is 11.5 Å². The summed E-state index contributed by atoms with van der Waals surface area (Å²) in [5.41, 5.74) is 7.25. The number of rotatable bonds is 5. The van der Waals surface area contributed by atoms with Crippen LogP contribution in [0, 0.1) is 6.92 Å². The molecule has 5 heterocycles. The first-order chi connectivity index (χ1) is 18.4. The third-order valence-corrected chi connectivity index (χ3v) is 7.26. The summed E-state index contributed by atoms with van der Waals surface area (Å²) >= 11 is 1.10. The molecule has 1 aliphatic rings. The Morgan fingerprint density at radius 3 is 2.95 bits per heavy atom. The number of ether oxygens (including phenoxy) is 2. The molecule has 1 fully saturated rings. The second-order valence-corrected chi connectivity index (χ2v) is 9.47. The molecule has 1 aromatic carbocycles. The first-order valence-electron chi connectivity index (χ1n) is 11.6. The van der Waals surface area contributed by atoms with Crippen LogP contribution in [-0.4, -0.2) is 66.5 Å². The van der Waals surface area contributed by atoms with Crippen molar-refractivity contribution in [2.24, 2.45) is 0 Å². The number of methoxy groups -OCH3 is 1. The third-order valence-electron chi connectivity index (χ3n) is 6.37. The van der Waals surface area contributed by atoms with Gasteiger partial charge in [0, 0.05) is 29.4 Å². The van der Waals surface area contributed by atoms with Gasteiger partial charge in [0.05, 0.1) is 41.6 Å². The molecule has 1 unspecified atom stereocenters. The second kappa shape index (κ2) is 9.16. The first-order valence-corrected chi connectivity index (χ1v) is 12.4. The standard InChI is InChI=1S/C24H22N8O5S/c1-11-9-15(29-32(11)12-5-6-26-16(10-12)36-2)31-7-8-37-19(24(31)35)18(33)22-27-14-4-3-13-20(38-30-21(13)25)17(14)23(34)28-22/h3-6,9-10,18-19,33H,7-8H2,1-2H3,(H2,25,30)(H,27,28,34)/t18-,19?/m1/s1. The predicted octanol–water partition coefficient (Wildman–Crippen LogP) is 1.48.